The zero-order valence-corrected chi connectivity index (χ0v) is 15.0. The summed E-state index contributed by atoms with van der Waals surface area (Å²) in [6, 6.07) is 6.62. The summed E-state index contributed by atoms with van der Waals surface area (Å²) in [5.74, 6) is 1.31. The normalized spacial score (nSPS) is 24.3. The minimum Gasteiger partial charge on any atom is -0.493 e. The molecular weight excluding hydrogens is 342 g/mol. The zero-order chi connectivity index (χ0) is 15.7. The number of nitrogens with one attached hydrogen (secondary N) is 1. The highest BCUT2D eigenvalue weighted by Crippen LogP contribution is 2.50. The number of aliphatic hydroxyl groups excluding tert-OH is 1. The van der Waals surface area contributed by atoms with Gasteiger partial charge in [0.05, 0.1) is 12.7 Å². The third-order valence-electron chi connectivity index (χ3n) is 5.10. The highest BCUT2D eigenvalue weighted by Gasteiger charge is 2.49. The molecule has 0 bridgehead atoms. The molecule has 0 radical (unpaired) electrons. The maximum absolute atomic E-state index is 10.5. The van der Waals surface area contributed by atoms with Gasteiger partial charge in [0, 0.05) is 28.0 Å². The molecule has 1 aromatic carbocycles. The Morgan fingerprint density at radius 1 is 1.41 bits per heavy atom. The molecule has 0 amide bonds. The second-order valence-corrected chi connectivity index (χ2v) is 8.07. The van der Waals surface area contributed by atoms with Crippen LogP contribution in [-0.4, -0.2) is 24.4 Å². The predicted octanol–water partition coefficient (Wildman–Crippen LogP) is 4.05. The van der Waals surface area contributed by atoms with Gasteiger partial charge in [0.1, 0.15) is 5.75 Å². The van der Waals surface area contributed by atoms with Crippen molar-refractivity contribution >= 4 is 15.9 Å². The van der Waals surface area contributed by atoms with Crippen molar-refractivity contribution in [2.45, 2.75) is 51.7 Å². The fourth-order valence-electron chi connectivity index (χ4n) is 3.53. The molecule has 1 aliphatic heterocycles. The van der Waals surface area contributed by atoms with Gasteiger partial charge in [-0.25, -0.2) is 0 Å². The van der Waals surface area contributed by atoms with Crippen LogP contribution in [0.3, 0.4) is 0 Å². The minimum atomic E-state index is -0.202. The molecule has 2 aliphatic rings. The van der Waals surface area contributed by atoms with Crippen molar-refractivity contribution in [2.24, 2.45) is 11.3 Å². The summed E-state index contributed by atoms with van der Waals surface area (Å²) in [4.78, 5) is 0. The fraction of sp³-hybridized carbons (Fsp3) is 0.667. The Hall–Kier alpha value is -0.580. The lowest BCUT2D eigenvalue weighted by molar-refractivity contribution is 0.0487. The molecule has 0 aromatic heterocycles. The minimum absolute atomic E-state index is 0.0941. The van der Waals surface area contributed by atoms with Crippen LogP contribution in [0.15, 0.2) is 22.7 Å². The lowest BCUT2D eigenvalue weighted by Gasteiger charge is -2.28. The van der Waals surface area contributed by atoms with Crippen LogP contribution in [0.1, 0.15) is 51.1 Å². The molecule has 2 atom stereocenters. The van der Waals surface area contributed by atoms with Crippen LogP contribution < -0.4 is 10.1 Å². The molecule has 1 saturated carbocycles. The molecule has 1 fully saturated rings. The first kappa shape index (κ1) is 16.3. The van der Waals surface area contributed by atoms with E-state index in [1.54, 1.807) is 0 Å². The average Bonchev–Trinajstić information content (AvgIpc) is 3.28. The predicted molar refractivity (Wildman–Crippen MR) is 92.1 cm³/mol. The monoisotopic (exact) mass is 367 g/mol. The Bertz CT molecular complexity index is 528. The van der Waals surface area contributed by atoms with E-state index < -0.39 is 0 Å². The van der Waals surface area contributed by atoms with E-state index in [4.69, 9.17) is 4.74 Å². The Morgan fingerprint density at radius 3 is 2.86 bits per heavy atom. The van der Waals surface area contributed by atoms with Gasteiger partial charge in [-0.3, -0.25) is 0 Å². The SMILES string of the molecule is CC(C)[C@H](O)C1(CN[C@H]2CCCOc3cc(Br)ccc32)CC1. The van der Waals surface area contributed by atoms with Crippen LogP contribution in [0.25, 0.3) is 0 Å². The van der Waals surface area contributed by atoms with E-state index in [-0.39, 0.29) is 11.5 Å². The second kappa shape index (κ2) is 6.50. The third-order valence-corrected chi connectivity index (χ3v) is 5.59. The van der Waals surface area contributed by atoms with Gasteiger partial charge in [-0.05, 0) is 43.7 Å². The molecule has 2 N–H and O–H groups in total. The van der Waals surface area contributed by atoms with Crippen LogP contribution in [0.5, 0.6) is 5.75 Å². The first-order chi connectivity index (χ1) is 10.5. The Labute approximate surface area is 141 Å². The summed E-state index contributed by atoms with van der Waals surface area (Å²) in [5.41, 5.74) is 1.34. The van der Waals surface area contributed by atoms with Crippen molar-refractivity contribution in [1.82, 2.24) is 5.32 Å². The van der Waals surface area contributed by atoms with E-state index in [9.17, 15) is 5.11 Å². The van der Waals surface area contributed by atoms with Gasteiger partial charge < -0.3 is 15.2 Å². The summed E-state index contributed by atoms with van der Waals surface area (Å²) >= 11 is 3.52. The fourth-order valence-corrected chi connectivity index (χ4v) is 3.87. The average molecular weight is 368 g/mol. The number of ether oxygens (including phenoxy) is 1. The molecule has 1 heterocycles. The molecule has 1 aromatic rings. The highest BCUT2D eigenvalue weighted by molar-refractivity contribution is 9.10. The van der Waals surface area contributed by atoms with Crippen LogP contribution in [0, 0.1) is 11.3 Å². The standard InChI is InChI=1S/C18H26BrNO2/c1-12(2)17(21)18(7-8-18)11-20-15-4-3-9-22-16-10-13(19)5-6-14(15)16/h5-6,10,12,15,17,20-21H,3-4,7-9,11H2,1-2H3/t15-,17-/m0/s1. The maximum atomic E-state index is 10.5. The number of rotatable bonds is 5. The third kappa shape index (κ3) is 3.34. The lowest BCUT2D eigenvalue weighted by Crippen LogP contribution is -2.37. The first-order valence-electron chi connectivity index (χ1n) is 8.35. The number of halogens is 1. The molecule has 3 nitrogen and oxygen atoms in total. The number of hydrogen-bond acceptors (Lipinski definition) is 3. The largest absolute Gasteiger partial charge is 0.493 e. The van der Waals surface area contributed by atoms with Crippen LogP contribution >= 0.6 is 15.9 Å². The van der Waals surface area contributed by atoms with E-state index in [1.807, 2.05) is 0 Å². The number of benzene rings is 1. The molecule has 0 saturated heterocycles. The van der Waals surface area contributed by atoms with Crippen molar-refractivity contribution < 1.29 is 9.84 Å². The van der Waals surface area contributed by atoms with Crippen molar-refractivity contribution in [2.75, 3.05) is 13.2 Å². The molecule has 22 heavy (non-hydrogen) atoms. The van der Waals surface area contributed by atoms with Gasteiger partial charge in [-0.1, -0.05) is 35.8 Å². The van der Waals surface area contributed by atoms with Crippen molar-refractivity contribution in [3.63, 3.8) is 0 Å². The maximum Gasteiger partial charge on any atom is 0.125 e. The summed E-state index contributed by atoms with van der Waals surface area (Å²) in [6.07, 6.45) is 4.21. The van der Waals surface area contributed by atoms with Crippen LogP contribution in [0.4, 0.5) is 0 Å². The number of fused-ring (bicyclic) bond motifs is 1. The van der Waals surface area contributed by atoms with Gasteiger partial charge in [-0.15, -0.1) is 0 Å². The van der Waals surface area contributed by atoms with Gasteiger partial charge in [0.2, 0.25) is 0 Å². The molecule has 3 rings (SSSR count). The Balaban J connectivity index is 1.71. The van der Waals surface area contributed by atoms with Gasteiger partial charge in [-0.2, -0.15) is 0 Å². The smallest absolute Gasteiger partial charge is 0.125 e. The molecular formula is C18H26BrNO2. The lowest BCUT2D eigenvalue weighted by atomic mass is 9.89. The van der Waals surface area contributed by atoms with E-state index in [0.717, 1.165) is 49.1 Å². The molecule has 1 aliphatic carbocycles. The summed E-state index contributed by atoms with van der Waals surface area (Å²) < 4.78 is 6.93. The Kier molecular flexibility index (Phi) is 4.81. The summed E-state index contributed by atoms with van der Waals surface area (Å²) in [6.45, 7) is 5.89. The van der Waals surface area contributed by atoms with Gasteiger partial charge in [0.25, 0.3) is 0 Å². The van der Waals surface area contributed by atoms with Crippen molar-refractivity contribution in [3.8, 4) is 5.75 Å². The number of aliphatic hydroxyl groups is 1. The molecule has 0 spiro atoms. The van der Waals surface area contributed by atoms with E-state index in [1.165, 1.54) is 5.56 Å². The number of hydrogen-bond donors (Lipinski definition) is 2. The molecule has 122 valence electrons. The molecule has 0 unspecified atom stereocenters. The zero-order valence-electron chi connectivity index (χ0n) is 13.4. The van der Waals surface area contributed by atoms with Crippen molar-refractivity contribution in [1.29, 1.82) is 0 Å². The quantitative estimate of drug-likeness (QED) is 0.824. The van der Waals surface area contributed by atoms with E-state index in [2.05, 4.69) is 53.3 Å². The van der Waals surface area contributed by atoms with Crippen LogP contribution in [0.2, 0.25) is 0 Å². The molecule has 4 heteroatoms. The first-order valence-corrected chi connectivity index (χ1v) is 9.15. The van der Waals surface area contributed by atoms with E-state index in [0.29, 0.717) is 12.0 Å². The summed E-state index contributed by atoms with van der Waals surface area (Å²) in [5, 5.41) is 14.2. The topological polar surface area (TPSA) is 41.5 Å². The van der Waals surface area contributed by atoms with Gasteiger partial charge in [0.15, 0.2) is 0 Å². The summed E-state index contributed by atoms with van der Waals surface area (Å²) in [7, 11) is 0. The highest BCUT2D eigenvalue weighted by atomic mass is 79.9. The van der Waals surface area contributed by atoms with Crippen LogP contribution in [-0.2, 0) is 0 Å². The Morgan fingerprint density at radius 2 is 2.18 bits per heavy atom. The second-order valence-electron chi connectivity index (χ2n) is 7.16. The van der Waals surface area contributed by atoms with Crippen molar-refractivity contribution in [3.05, 3.63) is 28.2 Å². The van der Waals surface area contributed by atoms with E-state index >= 15 is 0 Å². The van der Waals surface area contributed by atoms with Gasteiger partial charge >= 0.3 is 0 Å².